The lowest BCUT2D eigenvalue weighted by Crippen LogP contribution is -2.45. The standard InChI is InChI=1S/C11H17IN4O/c1-7-2-3-8(4-13)5-16(7)10-9(12)11(17)15-6-14-10/h6-8H,2-5,13H2,1H3,(H,14,15,17). The van der Waals surface area contributed by atoms with Crippen molar-refractivity contribution in [1.82, 2.24) is 9.97 Å². The molecular formula is C11H17IN4O. The molecule has 5 nitrogen and oxygen atoms in total. The van der Waals surface area contributed by atoms with Crippen molar-refractivity contribution in [3.05, 3.63) is 20.3 Å². The smallest absolute Gasteiger partial charge is 0.266 e. The average molecular weight is 348 g/mol. The number of nitrogens with one attached hydrogen (secondary N) is 1. The summed E-state index contributed by atoms with van der Waals surface area (Å²) in [6.07, 6.45) is 3.74. The maximum atomic E-state index is 11.6. The minimum Gasteiger partial charge on any atom is -0.352 e. The Balaban J connectivity index is 2.31. The van der Waals surface area contributed by atoms with Crippen LogP contribution in [0.5, 0.6) is 0 Å². The second-order valence-corrected chi connectivity index (χ2v) is 5.63. The van der Waals surface area contributed by atoms with Crippen LogP contribution in [-0.2, 0) is 0 Å². The summed E-state index contributed by atoms with van der Waals surface area (Å²) in [5.41, 5.74) is 5.67. The van der Waals surface area contributed by atoms with E-state index in [9.17, 15) is 4.79 Å². The highest BCUT2D eigenvalue weighted by Gasteiger charge is 2.27. The Kier molecular flexibility index (Phi) is 4.03. The Labute approximate surface area is 114 Å². The maximum absolute atomic E-state index is 11.6. The molecule has 2 unspecified atom stereocenters. The average Bonchev–Trinajstić information content (AvgIpc) is 2.34. The molecule has 1 fully saturated rings. The van der Waals surface area contributed by atoms with E-state index in [-0.39, 0.29) is 5.56 Å². The quantitative estimate of drug-likeness (QED) is 0.780. The second kappa shape index (κ2) is 5.34. The first-order valence-electron chi connectivity index (χ1n) is 5.83. The summed E-state index contributed by atoms with van der Waals surface area (Å²) in [5.74, 6) is 1.29. The molecule has 17 heavy (non-hydrogen) atoms. The van der Waals surface area contributed by atoms with Gasteiger partial charge in [-0.25, -0.2) is 4.98 Å². The number of anilines is 1. The van der Waals surface area contributed by atoms with Crippen molar-refractivity contribution >= 4 is 28.4 Å². The molecule has 0 saturated carbocycles. The van der Waals surface area contributed by atoms with Crippen LogP contribution >= 0.6 is 22.6 Å². The summed E-state index contributed by atoms with van der Waals surface area (Å²) in [4.78, 5) is 20.7. The number of nitrogens with two attached hydrogens (primary N) is 1. The van der Waals surface area contributed by atoms with Crippen LogP contribution in [0, 0.1) is 9.49 Å². The third-order valence-corrected chi connectivity index (χ3v) is 4.34. The SMILES string of the molecule is CC1CCC(CN)CN1c1nc[nH]c(=O)c1I. The molecule has 1 saturated heterocycles. The van der Waals surface area contributed by atoms with Crippen molar-refractivity contribution < 1.29 is 0 Å². The fourth-order valence-electron chi connectivity index (χ4n) is 2.24. The molecule has 0 aliphatic carbocycles. The summed E-state index contributed by atoms with van der Waals surface area (Å²) in [6, 6.07) is 0.417. The number of rotatable bonds is 2. The summed E-state index contributed by atoms with van der Waals surface area (Å²) in [5, 5.41) is 0. The van der Waals surface area contributed by atoms with E-state index in [1.54, 1.807) is 0 Å². The van der Waals surface area contributed by atoms with E-state index in [2.05, 4.69) is 44.4 Å². The fourth-order valence-corrected chi connectivity index (χ4v) is 2.85. The van der Waals surface area contributed by atoms with Crippen LogP contribution in [0.15, 0.2) is 11.1 Å². The molecule has 1 aromatic heterocycles. The molecule has 3 N–H and O–H groups in total. The van der Waals surface area contributed by atoms with E-state index in [0.29, 0.717) is 22.1 Å². The van der Waals surface area contributed by atoms with Crippen molar-refractivity contribution in [2.24, 2.45) is 11.7 Å². The van der Waals surface area contributed by atoms with Crippen LogP contribution in [0.3, 0.4) is 0 Å². The molecule has 0 radical (unpaired) electrons. The van der Waals surface area contributed by atoms with Gasteiger partial charge in [-0.3, -0.25) is 4.79 Å². The number of H-pyrrole nitrogens is 1. The van der Waals surface area contributed by atoms with Crippen molar-refractivity contribution in [3.63, 3.8) is 0 Å². The molecule has 1 aromatic rings. The predicted octanol–water partition coefficient (Wildman–Crippen LogP) is 0.938. The van der Waals surface area contributed by atoms with Crippen molar-refractivity contribution in [1.29, 1.82) is 0 Å². The molecule has 0 amide bonds. The highest BCUT2D eigenvalue weighted by Crippen LogP contribution is 2.27. The van der Waals surface area contributed by atoms with E-state index < -0.39 is 0 Å². The Morgan fingerprint density at radius 1 is 1.65 bits per heavy atom. The summed E-state index contributed by atoms with van der Waals surface area (Å²) in [6.45, 7) is 3.76. The first-order valence-corrected chi connectivity index (χ1v) is 6.91. The van der Waals surface area contributed by atoms with Gasteiger partial charge in [-0.15, -0.1) is 0 Å². The van der Waals surface area contributed by atoms with Gasteiger partial charge in [-0.1, -0.05) is 0 Å². The van der Waals surface area contributed by atoms with Gasteiger partial charge in [-0.05, 0) is 54.8 Å². The van der Waals surface area contributed by atoms with Crippen LogP contribution < -0.4 is 16.2 Å². The molecule has 0 bridgehead atoms. The molecule has 1 aliphatic rings. The zero-order valence-corrected chi connectivity index (χ0v) is 12.0. The van der Waals surface area contributed by atoms with Crippen molar-refractivity contribution in [2.45, 2.75) is 25.8 Å². The Hall–Kier alpha value is -0.630. The highest BCUT2D eigenvalue weighted by atomic mass is 127. The van der Waals surface area contributed by atoms with Gasteiger partial charge in [0.1, 0.15) is 9.39 Å². The molecular weight excluding hydrogens is 331 g/mol. The Morgan fingerprint density at radius 3 is 3.12 bits per heavy atom. The van der Waals surface area contributed by atoms with Crippen LogP contribution in [0.4, 0.5) is 5.82 Å². The number of aromatic nitrogens is 2. The maximum Gasteiger partial charge on any atom is 0.266 e. The lowest BCUT2D eigenvalue weighted by molar-refractivity contribution is 0.371. The minimum atomic E-state index is -0.0716. The number of piperidine rings is 1. The third-order valence-electron chi connectivity index (χ3n) is 3.36. The van der Waals surface area contributed by atoms with Gasteiger partial charge in [0.2, 0.25) is 0 Å². The zero-order chi connectivity index (χ0) is 12.4. The Morgan fingerprint density at radius 2 is 2.41 bits per heavy atom. The molecule has 0 spiro atoms. The summed E-state index contributed by atoms with van der Waals surface area (Å²) < 4.78 is 0.662. The number of hydrogen-bond donors (Lipinski definition) is 2. The van der Waals surface area contributed by atoms with E-state index >= 15 is 0 Å². The van der Waals surface area contributed by atoms with E-state index in [4.69, 9.17) is 5.73 Å². The lowest BCUT2D eigenvalue weighted by Gasteiger charge is -2.38. The van der Waals surface area contributed by atoms with Gasteiger partial charge in [-0.2, -0.15) is 0 Å². The number of nitrogens with zero attached hydrogens (tertiary/aromatic N) is 2. The van der Waals surface area contributed by atoms with Crippen LogP contribution in [0.2, 0.25) is 0 Å². The number of aromatic amines is 1. The van der Waals surface area contributed by atoms with Crippen LogP contribution in [0.25, 0.3) is 0 Å². The topological polar surface area (TPSA) is 75.0 Å². The zero-order valence-electron chi connectivity index (χ0n) is 9.82. The lowest BCUT2D eigenvalue weighted by atomic mass is 9.93. The number of halogens is 1. The largest absolute Gasteiger partial charge is 0.352 e. The molecule has 2 heterocycles. The molecule has 2 rings (SSSR count). The monoisotopic (exact) mass is 348 g/mol. The number of hydrogen-bond acceptors (Lipinski definition) is 4. The van der Waals surface area contributed by atoms with Gasteiger partial charge in [0.25, 0.3) is 5.56 Å². The van der Waals surface area contributed by atoms with Crippen molar-refractivity contribution in [3.8, 4) is 0 Å². The van der Waals surface area contributed by atoms with Gasteiger partial charge in [0.15, 0.2) is 0 Å². The minimum absolute atomic E-state index is 0.0716. The van der Waals surface area contributed by atoms with Crippen LogP contribution in [-0.4, -0.2) is 29.1 Å². The summed E-state index contributed by atoms with van der Waals surface area (Å²) in [7, 11) is 0. The predicted molar refractivity (Wildman–Crippen MR) is 76.2 cm³/mol. The second-order valence-electron chi connectivity index (χ2n) is 4.55. The fraction of sp³-hybridized carbons (Fsp3) is 0.636. The first-order chi connectivity index (χ1) is 8.13. The van der Waals surface area contributed by atoms with Gasteiger partial charge in [0, 0.05) is 12.6 Å². The van der Waals surface area contributed by atoms with Crippen LogP contribution in [0.1, 0.15) is 19.8 Å². The normalized spacial score (nSPS) is 25.0. The molecule has 94 valence electrons. The molecule has 1 aliphatic heterocycles. The van der Waals surface area contributed by atoms with Crippen molar-refractivity contribution in [2.75, 3.05) is 18.0 Å². The van der Waals surface area contributed by atoms with Gasteiger partial charge >= 0.3 is 0 Å². The molecule has 0 aromatic carbocycles. The summed E-state index contributed by atoms with van der Waals surface area (Å²) >= 11 is 2.06. The molecule has 6 heteroatoms. The highest BCUT2D eigenvalue weighted by molar-refractivity contribution is 14.1. The molecule has 2 atom stereocenters. The Bertz CT molecular complexity index is 447. The van der Waals surface area contributed by atoms with Gasteiger partial charge in [0.05, 0.1) is 6.33 Å². The van der Waals surface area contributed by atoms with E-state index in [1.165, 1.54) is 6.33 Å². The third kappa shape index (κ3) is 2.62. The van der Waals surface area contributed by atoms with E-state index in [1.807, 2.05) is 0 Å². The van der Waals surface area contributed by atoms with Gasteiger partial charge < -0.3 is 15.6 Å². The van der Waals surface area contributed by atoms with E-state index in [0.717, 1.165) is 25.2 Å². The first kappa shape index (κ1) is 12.8.